The molecule has 1 aromatic carbocycles. The molecule has 0 radical (unpaired) electrons. The first-order chi connectivity index (χ1) is 9.20. The van der Waals surface area contributed by atoms with Gasteiger partial charge in [-0.05, 0) is 12.5 Å². The van der Waals surface area contributed by atoms with E-state index >= 15 is 0 Å². The van der Waals surface area contributed by atoms with Gasteiger partial charge in [-0.15, -0.1) is 0 Å². The minimum absolute atomic E-state index is 0.0453. The molecule has 0 bridgehead atoms. The molecule has 1 saturated heterocycles. The molecule has 5 nitrogen and oxygen atoms in total. The molecule has 0 spiro atoms. The highest BCUT2D eigenvalue weighted by Crippen LogP contribution is 2.19. The smallest absolute Gasteiger partial charge is 0.326 e. The number of ether oxygens (including phenoxy) is 2. The summed E-state index contributed by atoms with van der Waals surface area (Å²) in [6.45, 7) is 2.56. The van der Waals surface area contributed by atoms with Crippen molar-refractivity contribution in [3.8, 4) is 0 Å². The van der Waals surface area contributed by atoms with E-state index in [-0.39, 0.29) is 25.3 Å². The average Bonchev–Trinajstić information content (AvgIpc) is 2.43. The lowest BCUT2D eigenvalue weighted by Gasteiger charge is -2.38. The van der Waals surface area contributed by atoms with Crippen molar-refractivity contribution in [2.45, 2.75) is 26.2 Å². The Hall–Kier alpha value is -1.88. The maximum absolute atomic E-state index is 11.6. The van der Waals surface area contributed by atoms with Crippen LogP contribution < -0.4 is 0 Å². The molecule has 1 amide bonds. The lowest BCUT2D eigenvalue weighted by molar-refractivity contribution is -0.180. The Morgan fingerprint density at radius 1 is 1.42 bits per heavy atom. The third-order valence-corrected chi connectivity index (χ3v) is 2.92. The van der Waals surface area contributed by atoms with Gasteiger partial charge in [-0.2, -0.15) is 0 Å². The zero-order valence-corrected chi connectivity index (χ0v) is 10.9. The number of hydrogen-bond acceptors (Lipinski definition) is 4. The van der Waals surface area contributed by atoms with Crippen LogP contribution in [0.5, 0.6) is 0 Å². The van der Waals surface area contributed by atoms with E-state index in [4.69, 9.17) is 9.47 Å². The van der Waals surface area contributed by atoms with E-state index in [1.807, 2.05) is 37.3 Å². The van der Waals surface area contributed by atoms with Gasteiger partial charge in [-0.3, -0.25) is 9.59 Å². The molecule has 0 aromatic heterocycles. The van der Waals surface area contributed by atoms with E-state index in [9.17, 15) is 9.59 Å². The first-order valence-electron chi connectivity index (χ1n) is 6.31. The first-order valence-corrected chi connectivity index (χ1v) is 6.31. The van der Waals surface area contributed by atoms with Gasteiger partial charge in [0, 0.05) is 6.61 Å². The Balaban J connectivity index is 1.76. The van der Waals surface area contributed by atoms with Crippen LogP contribution in [0.4, 0.5) is 0 Å². The van der Waals surface area contributed by atoms with Gasteiger partial charge in [0.05, 0.1) is 6.42 Å². The second-order valence-electron chi connectivity index (χ2n) is 4.28. The van der Waals surface area contributed by atoms with Crippen LogP contribution in [-0.2, 0) is 25.7 Å². The standard InChI is InChI=1S/C14H17NO4/c1-2-18-13-8-12(16)15(13)9-14(17)19-10-11-6-4-3-5-7-11/h3-7,13H,2,8-10H2,1H3/t13-/m0/s1/i9+2. The van der Waals surface area contributed by atoms with Crippen molar-refractivity contribution in [3.63, 3.8) is 0 Å². The van der Waals surface area contributed by atoms with E-state index in [0.717, 1.165) is 5.56 Å². The predicted octanol–water partition coefficient (Wildman–Crippen LogP) is 1.32. The molecule has 102 valence electrons. The van der Waals surface area contributed by atoms with Crippen LogP contribution in [-0.4, -0.2) is 36.2 Å². The molecule has 0 aliphatic carbocycles. The fourth-order valence-electron chi connectivity index (χ4n) is 1.88. The Morgan fingerprint density at radius 2 is 2.16 bits per heavy atom. The summed E-state index contributed by atoms with van der Waals surface area (Å²) in [5.74, 6) is -0.489. The second kappa shape index (κ2) is 6.33. The van der Waals surface area contributed by atoms with Crippen molar-refractivity contribution in [2.24, 2.45) is 0 Å². The van der Waals surface area contributed by atoms with Gasteiger partial charge >= 0.3 is 5.97 Å². The maximum atomic E-state index is 11.6. The van der Waals surface area contributed by atoms with E-state index in [1.54, 1.807) is 0 Å². The third-order valence-electron chi connectivity index (χ3n) is 2.92. The average molecular weight is 265 g/mol. The normalized spacial score (nSPS) is 18.1. The fourth-order valence-corrected chi connectivity index (χ4v) is 1.88. The summed E-state index contributed by atoms with van der Waals surface area (Å²) in [5, 5.41) is 0. The Labute approximate surface area is 112 Å². The number of β-lactam (4-membered cyclic amide) rings is 1. The molecule has 1 aliphatic heterocycles. The van der Waals surface area contributed by atoms with Gasteiger partial charge in [0.15, 0.2) is 0 Å². The molecule has 0 N–H and O–H groups in total. The van der Waals surface area contributed by atoms with E-state index < -0.39 is 5.97 Å². The minimum atomic E-state index is -0.415. The number of carbonyl (C=O) groups is 2. The molecule has 1 atom stereocenters. The first kappa shape index (κ1) is 13.5. The summed E-state index contributed by atoms with van der Waals surface area (Å²) in [6.07, 6.45) is 0.0709. The molecule has 1 fully saturated rings. The molecular formula is C14H17NO4. The van der Waals surface area contributed by atoms with E-state index in [1.165, 1.54) is 4.90 Å². The molecule has 0 unspecified atom stereocenters. The van der Waals surface area contributed by atoms with Crippen LogP contribution in [0, 0.1) is 0 Å². The number of rotatable bonds is 6. The van der Waals surface area contributed by atoms with Crippen molar-refractivity contribution in [2.75, 3.05) is 13.2 Å². The fraction of sp³-hybridized carbons (Fsp3) is 0.429. The van der Waals surface area contributed by atoms with Crippen molar-refractivity contribution in [1.82, 2.24) is 4.90 Å². The van der Waals surface area contributed by atoms with Gasteiger partial charge in [0.2, 0.25) is 5.91 Å². The molecule has 0 saturated carbocycles. The van der Waals surface area contributed by atoms with Crippen LogP contribution in [0.15, 0.2) is 30.3 Å². The summed E-state index contributed by atoms with van der Waals surface area (Å²) in [4.78, 5) is 24.4. The van der Waals surface area contributed by atoms with Crippen LogP contribution in [0.2, 0.25) is 0 Å². The molecule has 1 aromatic rings. The number of benzene rings is 1. The van der Waals surface area contributed by atoms with Gasteiger partial charge in [0.25, 0.3) is 0 Å². The predicted molar refractivity (Wildman–Crippen MR) is 68.0 cm³/mol. The Kier molecular flexibility index (Phi) is 4.52. The number of hydrogen-bond donors (Lipinski definition) is 0. The third kappa shape index (κ3) is 3.54. The van der Waals surface area contributed by atoms with Gasteiger partial charge in [-0.1, -0.05) is 30.3 Å². The highest BCUT2D eigenvalue weighted by Gasteiger charge is 2.38. The van der Waals surface area contributed by atoms with Crippen molar-refractivity contribution >= 4 is 11.9 Å². The Bertz CT molecular complexity index is 446. The number of nitrogens with zero attached hydrogens (tertiary/aromatic N) is 1. The molecule has 5 heteroatoms. The van der Waals surface area contributed by atoms with Crippen LogP contribution in [0.3, 0.4) is 0 Å². The van der Waals surface area contributed by atoms with Crippen molar-refractivity contribution in [1.29, 1.82) is 0 Å². The number of carbonyl (C=O) groups excluding carboxylic acids is 2. The van der Waals surface area contributed by atoms with Crippen LogP contribution >= 0.6 is 0 Å². The monoisotopic (exact) mass is 265 g/mol. The van der Waals surface area contributed by atoms with Crippen LogP contribution in [0.25, 0.3) is 0 Å². The summed E-state index contributed by atoms with van der Waals surface area (Å²) in [5.41, 5.74) is 0.923. The molecule has 2 rings (SSSR count). The lowest BCUT2D eigenvalue weighted by Crippen LogP contribution is -2.55. The zero-order valence-electron chi connectivity index (χ0n) is 10.9. The zero-order chi connectivity index (χ0) is 13.7. The number of esters is 1. The summed E-state index contributed by atoms with van der Waals surface area (Å²) < 4.78 is 10.4. The Morgan fingerprint density at radius 3 is 2.79 bits per heavy atom. The minimum Gasteiger partial charge on any atom is -0.459 e. The van der Waals surface area contributed by atoms with E-state index in [0.29, 0.717) is 13.0 Å². The second-order valence-corrected chi connectivity index (χ2v) is 4.28. The van der Waals surface area contributed by atoms with Crippen molar-refractivity contribution < 1.29 is 19.1 Å². The van der Waals surface area contributed by atoms with Crippen molar-refractivity contribution in [3.05, 3.63) is 35.9 Å². The molecule has 1 aliphatic rings. The molecule has 19 heavy (non-hydrogen) atoms. The van der Waals surface area contributed by atoms with Crippen LogP contribution in [0.1, 0.15) is 18.9 Å². The SMILES string of the molecule is CCO[C@H]1CC(=O)N1[14CH2]C(=O)OCc1ccccc1. The van der Waals surface area contributed by atoms with Gasteiger partial charge < -0.3 is 14.4 Å². The maximum Gasteiger partial charge on any atom is 0.326 e. The summed E-state index contributed by atoms with van der Waals surface area (Å²) >= 11 is 0. The summed E-state index contributed by atoms with van der Waals surface area (Å²) in [6, 6.07) is 9.42. The van der Waals surface area contributed by atoms with Gasteiger partial charge in [0.1, 0.15) is 19.4 Å². The quantitative estimate of drug-likeness (QED) is 0.575. The highest BCUT2D eigenvalue weighted by atomic mass is 16.6. The topological polar surface area (TPSA) is 55.8 Å². The number of likely N-dealkylation sites (tertiary alicyclic amines) is 1. The summed E-state index contributed by atoms with van der Waals surface area (Å²) in [7, 11) is 0. The lowest BCUT2D eigenvalue weighted by atomic mass is 10.2. The largest absolute Gasteiger partial charge is 0.459 e. The molecular weight excluding hydrogens is 248 g/mol. The highest BCUT2D eigenvalue weighted by molar-refractivity contribution is 5.86. The number of amides is 1. The van der Waals surface area contributed by atoms with Gasteiger partial charge in [-0.25, -0.2) is 0 Å². The van der Waals surface area contributed by atoms with E-state index in [2.05, 4.69) is 0 Å². The molecule has 1 heterocycles.